The van der Waals surface area contributed by atoms with E-state index in [1.54, 1.807) is 6.20 Å². The molecule has 3 heterocycles. The van der Waals surface area contributed by atoms with Crippen LogP contribution in [0.1, 0.15) is 11.4 Å². The fraction of sp³-hybridized carbons (Fsp3) is 0.500. The van der Waals surface area contributed by atoms with E-state index >= 15 is 0 Å². The number of methoxy groups -OCH3 is 1. The van der Waals surface area contributed by atoms with Crippen LogP contribution in [0.5, 0.6) is 0 Å². The molecule has 0 aromatic carbocycles. The van der Waals surface area contributed by atoms with E-state index in [-0.39, 0.29) is 18.6 Å². The number of nitrogens with two attached hydrogens (primary N) is 1. The van der Waals surface area contributed by atoms with Crippen LogP contribution in [0.4, 0.5) is 0 Å². The average Bonchev–Trinajstić information content (AvgIpc) is 3.22. The Morgan fingerprint density at radius 1 is 1.62 bits per heavy atom. The average molecular weight is 369 g/mol. The third-order valence-electron chi connectivity index (χ3n) is 3.82. The monoisotopic (exact) mass is 369 g/mol. The molecule has 0 radical (unpaired) electrons. The van der Waals surface area contributed by atoms with Crippen LogP contribution >= 0.6 is 11.3 Å². The number of fused-ring (bicyclic) bond motifs is 1. The Hall–Kier alpha value is -1.62. The van der Waals surface area contributed by atoms with E-state index in [0.717, 1.165) is 16.5 Å². The van der Waals surface area contributed by atoms with Crippen LogP contribution in [-0.2, 0) is 20.5 Å². The summed E-state index contributed by atoms with van der Waals surface area (Å²) in [5.74, 6) is 0.773. The van der Waals surface area contributed by atoms with Crippen molar-refractivity contribution in [2.24, 2.45) is 10.7 Å². The number of nitrogens with one attached hydrogen (secondary N) is 1. The minimum absolute atomic E-state index is 0.0460. The summed E-state index contributed by atoms with van der Waals surface area (Å²) in [4.78, 5) is 22.9. The Labute approximate surface area is 146 Å². The van der Waals surface area contributed by atoms with Gasteiger partial charge in [-0.2, -0.15) is 0 Å². The zero-order valence-electron chi connectivity index (χ0n) is 13.2. The highest BCUT2D eigenvalue weighted by molar-refractivity contribution is 7.83. The van der Waals surface area contributed by atoms with Crippen molar-refractivity contribution in [1.29, 1.82) is 0 Å². The Kier molecular flexibility index (Phi) is 5.39. The zero-order chi connectivity index (χ0) is 17.1. The highest BCUT2D eigenvalue weighted by Gasteiger charge is 2.37. The van der Waals surface area contributed by atoms with E-state index in [1.165, 1.54) is 18.4 Å². The maximum Gasteiger partial charge on any atom is 0.337 e. The molecule has 130 valence electrons. The number of hydrogen-bond acceptors (Lipinski definition) is 8. The van der Waals surface area contributed by atoms with Crippen molar-refractivity contribution in [1.82, 2.24) is 14.6 Å². The molecule has 0 amide bonds. The lowest BCUT2D eigenvalue weighted by atomic mass is 10.1. The van der Waals surface area contributed by atoms with Crippen LogP contribution in [0.3, 0.4) is 0 Å². The maximum absolute atomic E-state index is 12.0. The summed E-state index contributed by atoms with van der Waals surface area (Å²) >= 11 is 1.50. The Morgan fingerprint density at radius 3 is 3.12 bits per heavy atom. The quantitative estimate of drug-likeness (QED) is 0.661. The predicted octanol–water partition coefficient (Wildman–Crippen LogP) is -0.383. The summed E-state index contributed by atoms with van der Waals surface area (Å²) in [7, 11) is 0.174. The molecule has 0 bridgehead atoms. The van der Waals surface area contributed by atoms with Crippen molar-refractivity contribution >= 4 is 34.1 Å². The highest BCUT2D eigenvalue weighted by atomic mass is 32.2. The summed E-state index contributed by atoms with van der Waals surface area (Å²) in [5.41, 5.74) is 6.86. The summed E-state index contributed by atoms with van der Waals surface area (Å²) in [5, 5.41) is 2.69. The molecule has 2 aliphatic heterocycles. The normalized spacial score (nSPS) is 21.5. The van der Waals surface area contributed by atoms with E-state index in [4.69, 9.17) is 10.5 Å². The van der Waals surface area contributed by atoms with Crippen molar-refractivity contribution in [3.63, 3.8) is 0 Å². The number of carbonyl (C=O) groups excluding carboxylic acids is 1. The van der Waals surface area contributed by atoms with Crippen LogP contribution in [0, 0.1) is 0 Å². The van der Waals surface area contributed by atoms with E-state index in [9.17, 15) is 9.00 Å². The summed E-state index contributed by atoms with van der Waals surface area (Å²) in [6, 6.07) is -0.0460. The van der Waals surface area contributed by atoms with Crippen molar-refractivity contribution in [3.05, 3.63) is 27.9 Å². The molecule has 2 atom stereocenters. The number of ether oxygens (including phenoxy) is 1. The van der Waals surface area contributed by atoms with Crippen molar-refractivity contribution in [2.45, 2.75) is 12.5 Å². The van der Waals surface area contributed by atoms with E-state index in [0.29, 0.717) is 30.8 Å². The van der Waals surface area contributed by atoms with Gasteiger partial charge in [-0.1, -0.05) is 0 Å². The lowest BCUT2D eigenvalue weighted by molar-refractivity contribution is -0.136. The van der Waals surface area contributed by atoms with E-state index in [1.807, 2.05) is 10.3 Å². The van der Waals surface area contributed by atoms with Crippen LogP contribution in [-0.4, -0.2) is 64.4 Å². The van der Waals surface area contributed by atoms with Gasteiger partial charge in [-0.05, 0) is 0 Å². The minimum Gasteiger partial charge on any atom is -0.466 e. The molecule has 3 rings (SSSR count). The zero-order valence-corrected chi connectivity index (χ0v) is 14.9. The van der Waals surface area contributed by atoms with Crippen LogP contribution in [0.25, 0.3) is 0 Å². The van der Waals surface area contributed by atoms with Gasteiger partial charge >= 0.3 is 5.97 Å². The van der Waals surface area contributed by atoms with Crippen molar-refractivity contribution < 1.29 is 13.7 Å². The Bertz CT molecular complexity index is 701. The molecule has 1 aromatic rings. The van der Waals surface area contributed by atoms with Gasteiger partial charge in [-0.15, -0.1) is 11.3 Å². The molecule has 0 spiro atoms. The smallest absolute Gasteiger partial charge is 0.337 e. The molecular weight excluding hydrogens is 350 g/mol. The number of nitrogens with zero attached hydrogens (tertiary/aromatic N) is 3. The number of esters is 1. The summed E-state index contributed by atoms with van der Waals surface area (Å²) in [6.07, 6.45) is 2.31. The lowest BCUT2D eigenvalue weighted by Crippen LogP contribution is -2.38. The minimum atomic E-state index is -1.19. The molecule has 2 aliphatic rings. The van der Waals surface area contributed by atoms with Crippen molar-refractivity contribution in [2.75, 3.05) is 32.5 Å². The molecule has 1 saturated heterocycles. The van der Waals surface area contributed by atoms with Gasteiger partial charge in [0.05, 0.1) is 36.0 Å². The molecule has 2 unspecified atom stereocenters. The van der Waals surface area contributed by atoms with E-state index in [2.05, 4.69) is 14.7 Å². The van der Waals surface area contributed by atoms with Gasteiger partial charge in [0.1, 0.15) is 0 Å². The van der Waals surface area contributed by atoms with Gasteiger partial charge in [0.2, 0.25) is 0 Å². The van der Waals surface area contributed by atoms with Crippen molar-refractivity contribution in [3.8, 4) is 0 Å². The molecule has 1 aromatic heterocycles. The number of thiazole rings is 1. The standard InChI is InChI=1S/C14H19N5O3S2/c1-22-14(20)10-7-17-12(13-16-3-4-23-13)19-8-9(6-11(10)19)18-24(21)5-2-15/h3-4,9,18H,2,5-8,15H2,1H3. The second kappa shape index (κ2) is 7.51. The first-order valence-corrected chi connectivity index (χ1v) is 9.70. The molecule has 8 nitrogen and oxygen atoms in total. The number of amidine groups is 1. The summed E-state index contributed by atoms with van der Waals surface area (Å²) in [6.45, 7) is 1.20. The second-order valence-corrected chi connectivity index (χ2v) is 7.59. The molecule has 3 N–H and O–H groups in total. The highest BCUT2D eigenvalue weighted by Crippen LogP contribution is 2.31. The third kappa shape index (κ3) is 3.41. The van der Waals surface area contributed by atoms with Gasteiger partial charge in [-0.3, -0.25) is 4.99 Å². The molecule has 0 saturated carbocycles. The van der Waals surface area contributed by atoms with Gasteiger partial charge in [0, 0.05) is 42.8 Å². The number of hydrogen-bond donors (Lipinski definition) is 2. The van der Waals surface area contributed by atoms with Gasteiger partial charge in [0.25, 0.3) is 0 Å². The van der Waals surface area contributed by atoms with Gasteiger partial charge < -0.3 is 15.4 Å². The summed E-state index contributed by atoms with van der Waals surface area (Å²) < 4.78 is 19.9. The SMILES string of the molecule is COC(=O)C1=C2CC(NS(=O)CCN)CN2C(c2nccs2)=NC1. The Morgan fingerprint density at radius 2 is 2.46 bits per heavy atom. The molecule has 24 heavy (non-hydrogen) atoms. The number of carbonyl (C=O) groups is 1. The molecule has 10 heteroatoms. The van der Waals surface area contributed by atoms with Gasteiger partial charge in [0.15, 0.2) is 10.8 Å². The Balaban J connectivity index is 1.86. The van der Waals surface area contributed by atoms with Crippen LogP contribution < -0.4 is 10.5 Å². The molecule has 1 fully saturated rings. The van der Waals surface area contributed by atoms with Crippen LogP contribution in [0.15, 0.2) is 27.8 Å². The van der Waals surface area contributed by atoms with E-state index < -0.39 is 11.0 Å². The molecular formula is C14H19N5O3S2. The first-order chi connectivity index (χ1) is 11.6. The van der Waals surface area contributed by atoms with Crippen LogP contribution in [0.2, 0.25) is 0 Å². The third-order valence-corrected chi connectivity index (χ3v) is 5.79. The predicted molar refractivity (Wildman–Crippen MR) is 92.9 cm³/mol. The number of aliphatic imine (C=N–C) groups is 1. The number of aromatic nitrogens is 1. The largest absolute Gasteiger partial charge is 0.466 e. The lowest BCUT2D eigenvalue weighted by Gasteiger charge is -2.26. The number of rotatable bonds is 6. The fourth-order valence-electron chi connectivity index (χ4n) is 2.82. The first-order valence-electron chi connectivity index (χ1n) is 7.50. The second-order valence-electron chi connectivity index (χ2n) is 5.36. The molecule has 0 aliphatic carbocycles. The first kappa shape index (κ1) is 17.2. The maximum atomic E-state index is 12.0. The van der Waals surface area contributed by atoms with Gasteiger partial charge in [-0.25, -0.2) is 18.7 Å². The fourth-order valence-corrected chi connectivity index (χ4v) is 4.34. The topological polar surface area (TPSA) is 110 Å².